The van der Waals surface area contributed by atoms with E-state index in [0.29, 0.717) is 0 Å². The van der Waals surface area contributed by atoms with Gasteiger partial charge in [-0.1, -0.05) is 146 Å². The van der Waals surface area contributed by atoms with E-state index in [0.717, 1.165) is 34.1 Å². The van der Waals surface area contributed by atoms with Crippen molar-refractivity contribution in [2.45, 2.75) is 0 Å². The van der Waals surface area contributed by atoms with Crippen molar-refractivity contribution >= 4 is 119 Å². The van der Waals surface area contributed by atoms with Gasteiger partial charge in [0.2, 0.25) is 0 Å². The Bertz CT molecular complexity index is 3310. The van der Waals surface area contributed by atoms with E-state index >= 15 is 0 Å². The lowest BCUT2D eigenvalue weighted by Crippen LogP contribution is -2.10. The minimum atomic E-state index is 1.12. The number of hydrogen-bond donors (Lipinski definition) is 0. The quantitative estimate of drug-likeness (QED) is 0.158. The van der Waals surface area contributed by atoms with Crippen LogP contribution in [0.15, 0.2) is 218 Å². The van der Waals surface area contributed by atoms with Gasteiger partial charge >= 0.3 is 0 Å². The summed E-state index contributed by atoms with van der Waals surface area (Å²) in [4.78, 5) is 4.82. The number of anilines is 6. The first-order valence-electron chi connectivity index (χ1n) is 20.3. The molecule has 0 aliphatic carbocycles. The van der Waals surface area contributed by atoms with Crippen molar-refractivity contribution in [3.8, 4) is 11.1 Å². The van der Waals surface area contributed by atoms with Crippen molar-refractivity contribution in [3.05, 3.63) is 218 Å². The molecule has 2 aromatic heterocycles. The van der Waals surface area contributed by atoms with Crippen LogP contribution in [0.4, 0.5) is 34.1 Å². The van der Waals surface area contributed by atoms with Crippen LogP contribution in [0.5, 0.6) is 0 Å². The fourth-order valence-electron chi connectivity index (χ4n) is 8.97. The van der Waals surface area contributed by atoms with Crippen LogP contribution in [0, 0.1) is 0 Å². The summed E-state index contributed by atoms with van der Waals surface area (Å²) in [6.07, 6.45) is 0. The molecule has 4 heteroatoms. The molecule has 2 heterocycles. The van der Waals surface area contributed by atoms with E-state index in [1.807, 2.05) is 22.7 Å². The van der Waals surface area contributed by atoms with Crippen LogP contribution in [0.25, 0.3) is 73.0 Å². The highest BCUT2D eigenvalue weighted by Gasteiger charge is 2.19. The van der Waals surface area contributed by atoms with Gasteiger partial charge in [0.15, 0.2) is 0 Å². The zero-order chi connectivity index (χ0) is 39.6. The SMILES string of the molecule is c1ccc2c(N(c3ccc(-c4ccc(N(c5ccc6c(c5)sc5ccccc56)c5cccc6ccccc56)cc4)cc3)c3ccc4c(c3)sc3ccccc34)cccc2c1. The number of benzene rings is 10. The molecule has 0 bridgehead atoms. The predicted octanol–water partition coefficient (Wildman–Crippen LogP) is 17.3. The molecule has 0 N–H and O–H groups in total. The van der Waals surface area contributed by atoms with Gasteiger partial charge in [-0.25, -0.2) is 0 Å². The van der Waals surface area contributed by atoms with E-state index in [4.69, 9.17) is 0 Å². The summed E-state index contributed by atoms with van der Waals surface area (Å²) >= 11 is 3.72. The Morgan fingerprint density at radius 3 is 1.05 bits per heavy atom. The van der Waals surface area contributed by atoms with Gasteiger partial charge in [0, 0.05) is 73.9 Å². The zero-order valence-electron chi connectivity index (χ0n) is 32.5. The first kappa shape index (κ1) is 34.8. The van der Waals surface area contributed by atoms with Crippen molar-refractivity contribution in [2.75, 3.05) is 9.80 Å². The number of rotatable bonds is 7. The smallest absolute Gasteiger partial charge is 0.0540 e. The number of nitrogens with zero attached hydrogens (tertiary/aromatic N) is 2. The molecule has 0 aliphatic rings. The van der Waals surface area contributed by atoms with Crippen molar-refractivity contribution in [1.29, 1.82) is 0 Å². The van der Waals surface area contributed by atoms with Gasteiger partial charge in [-0.05, 0) is 94.7 Å². The number of fused-ring (bicyclic) bond motifs is 8. The molecular formula is C56H36N2S2. The predicted molar refractivity (Wildman–Crippen MR) is 262 cm³/mol. The second-order valence-corrected chi connectivity index (χ2v) is 17.5. The van der Waals surface area contributed by atoms with Gasteiger partial charge in [0.05, 0.1) is 11.4 Å². The Labute approximate surface area is 356 Å². The molecule has 0 saturated heterocycles. The third-order valence-corrected chi connectivity index (χ3v) is 14.1. The summed E-state index contributed by atoms with van der Waals surface area (Å²) < 4.78 is 5.21. The van der Waals surface area contributed by atoms with Gasteiger partial charge in [0.1, 0.15) is 0 Å². The summed E-state index contributed by atoms with van der Waals surface area (Å²) in [5, 5.41) is 10.1. The van der Waals surface area contributed by atoms with E-state index in [9.17, 15) is 0 Å². The zero-order valence-corrected chi connectivity index (χ0v) is 34.1. The fourth-order valence-corrected chi connectivity index (χ4v) is 11.3. The molecule has 0 aliphatic heterocycles. The molecule has 2 nitrogen and oxygen atoms in total. The van der Waals surface area contributed by atoms with Crippen LogP contribution in [0.3, 0.4) is 0 Å². The number of thiophene rings is 2. The van der Waals surface area contributed by atoms with Crippen molar-refractivity contribution < 1.29 is 0 Å². The molecule has 60 heavy (non-hydrogen) atoms. The van der Waals surface area contributed by atoms with Gasteiger partial charge < -0.3 is 9.80 Å². The molecule has 0 fully saturated rings. The maximum absolute atomic E-state index is 2.41. The van der Waals surface area contributed by atoms with Crippen molar-refractivity contribution in [1.82, 2.24) is 0 Å². The molecule has 12 rings (SSSR count). The third-order valence-electron chi connectivity index (χ3n) is 11.8. The average Bonchev–Trinajstić information content (AvgIpc) is 3.88. The lowest BCUT2D eigenvalue weighted by atomic mass is 10.0. The van der Waals surface area contributed by atoms with Crippen molar-refractivity contribution in [3.63, 3.8) is 0 Å². The lowest BCUT2D eigenvalue weighted by Gasteiger charge is -2.27. The molecule has 282 valence electrons. The van der Waals surface area contributed by atoms with Crippen LogP contribution in [0.1, 0.15) is 0 Å². The highest BCUT2D eigenvalue weighted by atomic mass is 32.1. The molecular weight excluding hydrogens is 765 g/mol. The Morgan fingerprint density at radius 2 is 0.600 bits per heavy atom. The monoisotopic (exact) mass is 800 g/mol. The highest BCUT2D eigenvalue weighted by Crippen LogP contribution is 2.45. The van der Waals surface area contributed by atoms with Gasteiger partial charge in [-0.3, -0.25) is 0 Å². The molecule has 0 unspecified atom stereocenters. The van der Waals surface area contributed by atoms with Gasteiger partial charge in [0.25, 0.3) is 0 Å². The van der Waals surface area contributed by atoms with Crippen LogP contribution >= 0.6 is 22.7 Å². The topological polar surface area (TPSA) is 6.48 Å². The highest BCUT2D eigenvalue weighted by molar-refractivity contribution is 7.26. The minimum absolute atomic E-state index is 1.12. The largest absolute Gasteiger partial charge is 0.310 e. The van der Waals surface area contributed by atoms with E-state index < -0.39 is 0 Å². The van der Waals surface area contributed by atoms with Crippen molar-refractivity contribution in [2.24, 2.45) is 0 Å². The van der Waals surface area contributed by atoms with Crippen LogP contribution in [-0.4, -0.2) is 0 Å². The minimum Gasteiger partial charge on any atom is -0.310 e. The summed E-state index contributed by atoms with van der Waals surface area (Å²) in [6.45, 7) is 0. The van der Waals surface area contributed by atoms with Gasteiger partial charge in [-0.15, -0.1) is 22.7 Å². The van der Waals surface area contributed by atoms with E-state index in [2.05, 4.69) is 228 Å². The maximum atomic E-state index is 2.41. The molecule has 0 atom stereocenters. The second-order valence-electron chi connectivity index (χ2n) is 15.3. The molecule has 0 amide bonds. The normalized spacial score (nSPS) is 11.7. The molecule has 0 spiro atoms. The molecule has 10 aromatic carbocycles. The Kier molecular flexibility index (Phi) is 8.25. The summed E-state index contributed by atoms with van der Waals surface area (Å²) in [5.74, 6) is 0. The first-order valence-corrected chi connectivity index (χ1v) is 22.0. The van der Waals surface area contributed by atoms with Crippen LogP contribution in [-0.2, 0) is 0 Å². The summed E-state index contributed by atoms with van der Waals surface area (Å²) in [6, 6.07) is 80.0. The molecule has 0 radical (unpaired) electrons. The Balaban J connectivity index is 0.938. The lowest BCUT2D eigenvalue weighted by molar-refractivity contribution is 1.30. The van der Waals surface area contributed by atoms with E-state index in [1.54, 1.807) is 0 Å². The Morgan fingerprint density at radius 1 is 0.250 bits per heavy atom. The van der Waals surface area contributed by atoms with Crippen LogP contribution < -0.4 is 9.80 Å². The van der Waals surface area contributed by atoms with Gasteiger partial charge in [-0.2, -0.15) is 0 Å². The van der Waals surface area contributed by atoms with Crippen LogP contribution in [0.2, 0.25) is 0 Å². The Hall–Kier alpha value is -7.24. The summed E-state index contributed by atoms with van der Waals surface area (Å²) in [7, 11) is 0. The average molecular weight is 801 g/mol. The molecule has 0 saturated carbocycles. The third kappa shape index (κ3) is 5.84. The number of hydrogen-bond acceptors (Lipinski definition) is 4. The summed E-state index contributed by atoms with van der Waals surface area (Å²) in [5.41, 5.74) is 9.19. The van der Waals surface area contributed by atoms with E-state index in [-0.39, 0.29) is 0 Å². The maximum Gasteiger partial charge on any atom is 0.0540 e. The standard InChI is InChI=1S/C56H36N2S2/c1-3-15-45-39(11-1)13-9-19-51(45)57(43-31-33-49-47-17-5-7-21-53(47)59-55(49)35-43)41-27-23-37(24-28-41)38-25-29-42(30-26-38)58(52-20-10-14-40-12-2-4-16-46(40)52)44-32-34-50-48-18-6-8-22-54(48)60-56(50)36-44/h1-36H. The second kappa shape index (κ2) is 14.2. The molecule has 12 aromatic rings. The first-order chi connectivity index (χ1) is 29.7. The van der Waals surface area contributed by atoms with E-state index in [1.165, 1.54) is 73.0 Å². The fraction of sp³-hybridized carbons (Fsp3) is 0.